The Balaban J connectivity index is 2.49. The third-order valence-corrected chi connectivity index (χ3v) is 2.78. The number of alkyl halides is 2. The van der Waals surface area contributed by atoms with Crippen LogP contribution in [0, 0.1) is 17.1 Å². The summed E-state index contributed by atoms with van der Waals surface area (Å²) in [6.45, 7) is -0.398. The van der Waals surface area contributed by atoms with Crippen LogP contribution in [0.1, 0.15) is 5.56 Å². The van der Waals surface area contributed by atoms with Crippen molar-refractivity contribution < 1.29 is 17.9 Å². The molecule has 0 spiro atoms. The number of nitrogens with zero attached hydrogens (tertiary/aromatic N) is 1. The van der Waals surface area contributed by atoms with Gasteiger partial charge in [-0.05, 0) is 28.1 Å². The molecule has 0 radical (unpaired) electrons. The lowest BCUT2D eigenvalue weighted by Crippen LogP contribution is -2.13. The zero-order valence-corrected chi connectivity index (χ0v) is 10.8. The van der Waals surface area contributed by atoms with E-state index in [0.29, 0.717) is 0 Å². The molecule has 0 amide bonds. The molecule has 1 aromatic rings. The van der Waals surface area contributed by atoms with Gasteiger partial charge in [0.25, 0.3) is 6.43 Å². The maximum atomic E-state index is 13.7. The second-order valence-electron chi connectivity index (χ2n) is 3.29. The summed E-state index contributed by atoms with van der Waals surface area (Å²) in [4.78, 5) is 0. The summed E-state index contributed by atoms with van der Waals surface area (Å²) < 4.78 is 41.9. The van der Waals surface area contributed by atoms with Gasteiger partial charge in [-0.1, -0.05) is 0 Å². The molecule has 1 rings (SSSR count). The fourth-order valence-electron chi connectivity index (χ4n) is 1.20. The summed E-state index contributed by atoms with van der Waals surface area (Å²) in [5.74, 6) is -0.595. The molecule has 0 fully saturated rings. The largest absolute Gasteiger partial charge is 0.380 e. The maximum absolute atomic E-state index is 13.7. The predicted octanol–water partition coefficient (Wildman–Crippen LogP) is 3.15. The van der Waals surface area contributed by atoms with E-state index in [1.165, 1.54) is 12.1 Å². The molecule has 0 bridgehead atoms. The van der Waals surface area contributed by atoms with Crippen molar-refractivity contribution in [3.05, 3.63) is 28.0 Å². The molecule has 1 N–H and O–H groups in total. The molecule has 0 atom stereocenters. The van der Waals surface area contributed by atoms with Gasteiger partial charge in [-0.3, -0.25) is 0 Å². The Hall–Kier alpha value is -1.26. The molecular weight excluding hydrogens is 313 g/mol. The Morgan fingerprint density at radius 2 is 2.17 bits per heavy atom. The van der Waals surface area contributed by atoms with Crippen LogP contribution >= 0.6 is 15.9 Å². The standard InChI is InChI=1S/C11H10BrF3N2O/c12-10-7(5-16)1-2-8(11(10)15)17-3-4-18-6-9(13)14/h1-2,9,17H,3-4,6H2. The SMILES string of the molecule is N#Cc1ccc(NCCOCC(F)F)c(F)c1Br. The van der Waals surface area contributed by atoms with Crippen molar-refractivity contribution in [3.8, 4) is 6.07 Å². The minimum Gasteiger partial charge on any atom is -0.380 e. The van der Waals surface area contributed by atoms with Crippen molar-refractivity contribution in [1.29, 1.82) is 5.26 Å². The van der Waals surface area contributed by atoms with E-state index in [-0.39, 0.29) is 28.9 Å². The molecule has 98 valence electrons. The molecule has 0 aliphatic carbocycles. The highest BCUT2D eigenvalue weighted by Gasteiger charge is 2.10. The average molecular weight is 323 g/mol. The van der Waals surface area contributed by atoms with Gasteiger partial charge in [0.1, 0.15) is 12.7 Å². The van der Waals surface area contributed by atoms with Crippen LogP contribution in [0.4, 0.5) is 18.9 Å². The Morgan fingerprint density at radius 3 is 2.78 bits per heavy atom. The Bertz CT molecular complexity index is 449. The molecule has 0 saturated carbocycles. The summed E-state index contributed by atoms with van der Waals surface area (Å²) in [6, 6.07) is 4.69. The first-order valence-electron chi connectivity index (χ1n) is 5.04. The van der Waals surface area contributed by atoms with E-state index < -0.39 is 18.8 Å². The van der Waals surface area contributed by atoms with Crippen LogP contribution in [0.5, 0.6) is 0 Å². The average Bonchev–Trinajstić information content (AvgIpc) is 2.33. The number of benzene rings is 1. The number of halogens is 4. The van der Waals surface area contributed by atoms with Crippen LogP contribution in [-0.2, 0) is 4.74 Å². The summed E-state index contributed by atoms with van der Waals surface area (Å²) in [5, 5.41) is 11.4. The van der Waals surface area contributed by atoms with Gasteiger partial charge >= 0.3 is 0 Å². The number of rotatable bonds is 6. The van der Waals surface area contributed by atoms with E-state index in [9.17, 15) is 13.2 Å². The van der Waals surface area contributed by atoms with E-state index >= 15 is 0 Å². The molecule has 3 nitrogen and oxygen atoms in total. The summed E-state index contributed by atoms with van der Waals surface area (Å²) in [7, 11) is 0. The first kappa shape index (κ1) is 14.8. The van der Waals surface area contributed by atoms with Crippen LogP contribution in [0.2, 0.25) is 0 Å². The Kier molecular flexibility index (Phi) is 5.95. The van der Waals surface area contributed by atoms with Gasteiger partial charge in [0, 0.05) is 6.54 Å². The monoisotopic (exact) mass is 322 g/mol. The highest BCUT2D eigenvalue weighted by atomic mass is 79.9. The maximum Gasteiger partial charge on any atom is 0.261 e. The number of anilines is 1. The van der Waals surface area contributed by atoms with Gasteiger partial charge in [-0.25, -0.2) is 13.2 Å². The highest BCUT2D eigenvalue weighted by molar-refractivity contribution is 9.10. The zero-order chi connectivity index (χ0) is 13.5. The first-order valence-corrected chi connectivity index (χ1v) is 5.83. The number of nitriles is 1. The molecule has 0 heterocycles. The topological polar surface area (TPSA) is 45.0 Å². The lowest BCUT2D eigenvalue weighted by Gasteiger charge is -2.09. The van der Waals surface area contributed by atoms with Gasteiger partial charge < -0.3 is 10.1 Å². The molecular formula is C11H10BrF3N2O. The molecule has 0 aliphatic rings. The second-order valence-corrected chi connectivity index (χ2v) is 4.09. The smallest absolute Gasteiger partial charge is 0.261 e. The third kappa shape index (κ3) is 4.20. The van der Waals surface area contributed by atoms with Crippen molar-refractivity contribution >= 4 is 21.6 Å². The van der Waals surface area contributed by atoms with Crippen LogP contribution in [0.25, 0.3) is 0 Å². The summed E-state index contributed by atoms with van der Waals surface area (Å²) in [6.07, 6.45) is -2.51. The van der Waals surface area contributed by atoms with Gasteiger partial charge in [-0.2, -0.15) is 5.26 Å². The quantitative estimate of drug-likeness (QED) is 0.818. The first-order chi connectivity index (χ1) is 8.56. The third-order valence-electron chi connectivity index (χ3n) is 2.01. The van der Waals surface area contributed by atoms with Crippen molar-refractivity contribution in [3.63, 3.8) is 0 Å². The molecule has 0 aliphatic heterocycles. The highest BCUT2D eigenvalue weighted by Crippen LogP contribution is 2.26. The number of hydrogen-bond donors (Lipinski definition) is 1. The normalized spacial score (nSPS) is 10.4. The van der Waals surface area contributed by atoms with Crippen molar-refractivity contribution in [1.82, 2.24) is 0 Å². The molecule has 18 heavy (non-hydrogen) atoms. The minimum absolute atomic E-state index is 0.0431. The van der Waals surface area contributed by atoms with Crippen molar-refractivity contribution in [2.24, 2.45) is 0 Å². The number of nitrogens with one attached hydrogen (secondary N) is 1. The predicted molar refractivity (Wildman–Crippen MR) is 64.1 cm³/mol. The second kappa shape index (κ2) is 7.24. The molecule has 0 unspecified atom stereocenters. The zero-order valence-electron chi connectivity index (χ0n) is 9.22. The Morgan fingerprint density at radius 1 is 1.44 bits per heavy atom. The molecule has 1 aromatic carbocycles. The summed E-state index contributed by atoms with van der Waals surface area (Å²) in [5.41, 5.74) is 0.369. The Labute approximate surface area is 111 Å². The fraction of sp³-hybridized carbons (Fsp3) is 0.364. The van der Waals surface area contributed by atoms with E-state index in [4.69, 9.17) is 5.26 Å². The van der Waals surface area contributed by atoms with E-state index in [1.807, 2.05) is 6.07 Å². The van der Waals surface area contributed by atoms with Gasteiger partial charge in [0.2, 0.25) is 0 Å². The van der Waals surface area contributed by atoms with Gasteiger partial charge in [0.15, 0.2) is 5.82 Å². The molecule has 0 saturated heterocycles. The van der Waals surface area contributed by atoms with Crippen molar-refractivity contribution in [2.45, 2.75) is 6.43 Å². The van der Waals surface area contributed by atoms with E-state index in [0.717, 1.165) is 0 Å². The number of hydrogen-bond acceptors (Lipinski definition) is 3. The van der Waals surface area contributed by atoms with Crippen molar-refractivity contribution in [2.75, 3.05) is 25.1 Å². The van der Waals surface area contributed by atoms with E-state index in [2.05, 4.69) is 26.0 Å². The fourth-order valence-corrected chi connectivity index (χ4v) is 1.64. The minimum atomic E-state index is -2.51. The van der Waals surface area contributed by atoms with Crippen LogP contribution in [-0.4, -0.2) is 26.2 Å². The molecule has 0 aromatic heterocycles. The van der Waals surface area contributed by atoms with Crippen LogP contribution in [0.3, 0.4) is 0 Å². The summed E-state index contributed by atoms with van der Waals surface area (Å²) >= 11 is 2.96. The lowest BCUT2D eigenvalue weighted by molar-refractivity contribution is 0.0215. The van der Waals surface area contributed by atoms with Gasteiger partial charge in [-0.15, -0.1) is 0 Å². The molecule has 7 heteroatoms. The van der Waals surface area contributed by atoms with Gasteiger partial charge in [0.05, 0.1) is 22.3 Å². The van der Waals surface area contributed by atoms with Crippen LogP contribution < -0.4 is 5.32 Å². The van der Waals surface area contributed by atoms with Crippen LogP contribution in [0.15, 0.2) is 16.6 Å². The number of ether oxygens (including phenoxy) is 1. The van der Waals surface area contributed by atoms with E-state index in [1.54, 1.807) is 0 Å². The lowest BCUT2D eigenvalue weighted by atomic mass is 10.2.